The fourth-order valence-electron chi connectivity index (χ4n) is 2.37. The SMILES string of the molecule is Cc1oc(C)c(C(=O)NC2CNCC2C)c1C. The number of hydrogen-bond acceptors (Lipinski definition) is 3. The van der Waals surface area contributed by atoms with Gasteiger partial charge in [0.15, 0.2) is 0 Å². The van der Waals surface area contributed by atoms with Gasteiger partial charge in [0.1, 0.15) is 11.5 Å². The minimum atomic E-state index is -0.0163. The molecular weight excluding hydrogens is 216 g/mol. The second-order valence-electron chi connectivity index (χ2n) is 4.93. The molecule has 0 aliphatic carbocycles. The lowest BCUT2D eigenvalue weighted by Crippen LogP contribution is -2.39. The van der Waals surface area contributed by atoms with Gasteiger partial charge in [-0.05, 0) is 33.2 Å². The van der Waals surface area contributed by atoms with Crippen molar-refractivity contribution < 1.29 is 9.21 Å². The molecule has 2 N–H and O–H groups in total. The Morgan fingerprint density at radius 2 is 2.00 bits per heavy atom. The molecule has 1 aliphatic rings. The van der Waals surface area contributed by atoms with E-state index in [0.29, 0.717) is 17.2 Å². The molecular formula is C13H20N2O2. The maximum Gasteiger partial charge on any atom is 0.255 e. The maximum absolute atomic E-state index is 12.2. The van der Waals surface area contributed by atoms with Gasteiger partial charge in [-0.1, -0.05) is 6.92 Å². The first kappa shape index (κ1) is 12.2. The van der Waals surface area contributed by atoms with E-state index in [2.05, 4.69) is 17.6 Å². The largest absolute Gasteiger partial charge is 0.466 e. The van der Waals surface area contributed by atoms with E-state index in [4.69, 9.17) is 4.42 Å². The lowest BCUT2D eigenvalue weighted by atomic mass is 10.0. The van der Waals surface area contributed by atoms with E-state index in [0.717, 1.165) is 24.4 Å². The second kappa shape index (κ2) is 4.53. The van der Waals surface area contributed by atoms with Crippen LogP contribution in [0, 0.1) is 26.7 Å². The number of carbonyl (C=O) groups excluding carboxylic acids is 1. The number of aryl methyl sites for hydroxylation is 2. The van der Waals surface area contributed by atoms with Crippen molar-refractivity contribution in [3.05, 3.63) is 22.6 Å². The number of amides is 1. The molecule has 4 heteroatoms. The molecule has 1 amide bonds. The first-order valence-corrected chi connectivity index (χ1v) is 6.09. The average Bonchev–Trinajstić information content (AvgIpc) is 2.74. The molecule has 0 aromatic carbocycles. The lowest BCUT2D eigenvalue weighted by molar-refractivity contribution is 0.0931. The number of carbonyl (C=O) groups is 1. The first-order chi connectivity index (χ1) is 8.00. The van der Waals surface area contributed by atoms with Gasteiger partial charge in [0.05, 0.1) is 5.56 Å². The molecule has 1 fully saturated rings. The Balaban J connectivity index is 2.14. The zero-order chi connectivity index (χ0) is 12.6. The van der Waals surface area contributed by atoms with Crippen molar-refractivity contribution >= 4 is 5.91 Å². The Kier molecular flexibility index (Phi) is 3.24. The molecule has 0 bridgehead atoms. The molecule has 0 spiro atoms. The van der Waals surface area contributed by atoms with E-state index in [9.17, 15) is 4.79 Å². The zero-order valence-electron chi connectivity index (χ0n) is 10.9. The van der Waals surface area contributed by atoms with Crippen LogP contribution in [-0.4, -0.2) is 25.0 Å². The quantitative estimate of drug-likeness (QED) is 0.819. The summed E-state index contributed by atoms with van der Waals surface area (Å²) in [6.45, 7) is 9.61. The van der Waals surface area contributed by atoms with E-state index >= 15 is 0 Å². The van der Waals surface area contributed by atoms with Crippen molar-refractivity contribution in [1.29, 1.82) is 0 Å². The third kappa shape index (κ3) is 2.22. The second-order valence-corrected chi connectivity index (χ2v) is 4.93. The van der Waals surface area contributed by atoms with Gasteiger partial charge >= 0.3 is 0 Å². The van der Waals surface area contributed by atoms with Gasteiger partial charge in [-0.2, -0.15) is 0 Å². The van der Waals surface area contributed by atoms with Gasteiger partial charge in [0.25, 0.3) is 5.91 Å². The van der Waals surface area contributed by atoms with Crippen LogP contribution < -0.4 is 10.6 Å². The van der Waals surface area contributed by atoms with Gasteiger partial charge in [0.2, 0.25) is 0 Å². The summed E-state index contributed by atoms with van der Waals surface area (Å²) < 4.78 is 5.48. The smallest absolute Gasteiger partial charge is 0.255 e. The van der Waals surface area contributed by atoms with E-state index in [-0.39, 0.29) is 11.9 Å². The van der Waals surface area contributed by atoms with Gasteiger partial charge in [-0.25, -0.2) is 0 Å². The van der Waals surface area contributed by atoms with Gasteiger partial charge in [-0.3, -0.25) is 4.79 Å². The van der Waals surface area contributed by atoms with Gasteiger partial charge < -0.3 is 15.1 Å². The van der Waals surface area contributed by atoms with Crippen LogP contribution in [0.1, 0.15) is 34.4 Å². The highest BCUT2D eigenvalue weighted by molar-refractivity contribution is 5.97. The van der Waals surface area contributed by atoms with Crippen LogP contribution in [0.2, 0.25) is 0 Å². The monoisotopic (exact) mass is 236 g/mol. The summed E-state index contributed by atoms with van der Waals surface area (Å²) in [4.78, 5) is 12.2. The predicted octanol–water partition coefficient (Wildman–Crippen LogP) is 1.54. The minimum Gasteiger partial charge on any atom is -0.466 e. The molecule has 1 aliphatic heterocycles. The van der Waals surface area contributed by atoms with Crippen molar-refractivity contribution in [1.82, 2.24) is 10.6 Å². The summed E-state index contributed by atoms with van der Waals surface area (Å²) in [5.74, 6) is 1.99. The molecule has 0 saturated carbocycles. The van der Waals surface area contributed by atoms with Gasteiger partial charge in [0, 0.05) is 18.2 Å². The standard InChI is InChI=1S/C13H20N2O2/c1-7-5-14-6-11(7)15-13(16)12-8(2)9(3)17-10(12)4/h7,11,14H,5-6H2,1-4H3,(H,15,16). The Hall–Kier alpha value is -1.29. The van der Waals surface area contributed by atoms with Crippen molar-refractivity contribution in [3.8, 4) is 0 Å². The molecule has 0 radical (unpaired) electrons. The van der Waals surface area contributed by atoms with Crippen molar-refractivity contribution in [2.45, 2.75) is 33.7 Å². The highest BCUT2D eigenvalue weighted by Gasteiger charge is 2.27. The van der Waals surface area contributed by atoms with Crippen LogP contribution >= 0.6 is 0 Å². The van der Waals surface area contributed by atoms with Crippen LogP contribution in [0.15, 0.2) is 4.42 Å². The molecule has 2 heterocycles. The first-order valence-electron chi connectivity index (χ1n) is 6.09. The minimum absolute atomic E-state index is 0.0163. The summed E-state index contributed by atoms with van der Waals surface area (Å²) in [6.07, 6.45) is 0. The molecule has 2 rings (SSSR count). The van der Waals surface area contributed by atoms with Crippen LogP contribution in [0.3, 0.4) is 0 Å². The zero-order valence-corrected chi connectivity index (χ0v) is 10.9. The third-order valence-corrected chi connectivity index (χ3v) is 3.62. The molecule has 4 nitrogen and oxygen atoms in total. The molecule has 2 atom stereocenters. The summed E-state index contributed by atoms with van der Waals surface area (Å²) in [7, 11) is 0. The van der Waals surface area contributed by atoms with Crippen molar-refractivity contribution in [3.63, 3.8) is 0 Å². The average molecular weight is 236 g/mol. The van der Waals surface area contributed by atoms with E-state index in [1.165, 1.54) is 0 Å². The molecule has 1 aromatic heterocycles. The fourth-order valence-corrected chi connectivity index (χ4v) is 2.37. The molecule has 2 unspecified atom stereocenters. The van der Waals surface area contributed by atoms with Crippen molar-refractivity contribution in [2.24, 2.45) is 5.92 Å². The van der Waals surface area contributed by atoms with E-state index in [1.54, 1.807) is 0 Å². The summed E-state index contributed by atoms with van der Waals surface area (Å²) >= 11 is 0. The Labute approximate surface area is 102 Å². The number of hydrogen-bond donors (Lipinski definition) is 2. The topological polar surface area (TPSA) is 54.3 Å². The lowest BCUT2D eigenvalue weighted by Gasteiger charge is -2.16. The van der Waals surface area contributed by atoms with Gasteiger partial charge in [-0.15, -0.1) is 0 Å². The highest BCUT2D eigenvalue weighted by Crippen LogP contribution is 2.21. The van der Waals surface area contributed by atoms with Crippen LogP contribution in [-0.2, 0) is 0 Å². The van der Waals surface area contributed by atoms with E-state index in [1.807, 2.05) is 20.8 Å². The number of furan rings is 1. The molecule has 17 heavy (non-hydrogen) atoms. The molecule has 94 valence electrons. The van der Waals surface area contributed by atoms with Crippen molar-refractivity contribution in [2.75, 3.05) is 13.1 Å². The normalized spacial score (nSPS) is 24.0. The predicted molar refractivity (Wildman–Crippen MR) is 66.2 cm³/mol. The number of nitrogens with one attached hydrogen (secondary N) is 2. The molecule has 1 saturated heterocycles. The third-order valence-electron chi connectivity index (χ3n) is 3.62. The maximum atomic E-state index is 12.2. The molecule has 1 aromatic rings. The number of rotatable bonds is 2. The van der Waals surface area contributed by atoms with Crippen LogP contribution in [0.4, 0.5) is 0 Å². The van der Waals surface area contributed by atoms with Crippen LogP contribution in [0.25, 0.3) is 0 Å². The summed E-state index contributed by atoms with van der Waals surface area (Å²) in [5.41, 5.74) is 1.64. The highest BCUT2D eigenvalue weighted by atomic mass is 16.3. The summed E-state index contributed by atoms with van der Waals surface area (Å²) in [6, 6.07) is 0.219. The Morgan fingerprint density at radius 1 is 1.29 bits per heavy atom. The van der Waals surface area contributed by atoms with E-state index < -0.39 is 0 Å². The summed E-state index contributed by atoms with van der Waals surface area (Å²) in [5, 5.41) is 6.35. The Bertz CT molecular complexity index is 437. The van der Waals surface area contributed by atoms with Crippen LogP contribution in [0.5, 0.6) is 0 Å². The fraction of sp³-hybridized carbons (Fsp3) is 0.615. The Morgan fingerprint density at radius 3 is 2.47 bits per heavy atom.